The second-order valence-corrected chi connectivity index (χ2v) is 9.18. The van der Waals surface area contributed by atoms with Gasteiger partial charge in [0.1, 0.15) is 5.54 Å². The van der Waals surface area contributed by atoms with Crippen LogP contribution in [0.15, 0.2) is 30.2 Å². The third-order valence-electron chi connectivity index (χ3n) is 4.56. The number of benzene rings is 1. The molecule has 0 spiro atoms. The zero-order valence-corrected chi connectivity index (χ0v) is 16.9. The van der Waals surface area contributed by atoms with Crippen molar-refractivity contribution in [2.24, 2.45) is 0 Å². The number of carbonyl (C=O) groups excluding carboxylic acids is 1. The molecule has 9 heteroatoms. The van der Waals surface area contributed by atoms with Gasteiger partial charge in [-0.1, -0.05) is 41.6 Å². The highest BCUT2D eigenvalue weighted by Crippen LogP contribution is 2.35. The Balaban J connectivity index is 1.59. The number of urea groups is 1. The maximum atomic E-state index is 12.5. The normalized spacial score (nSPS) is 19.0. The number of hydrogen-bond donors (Lipinski definition) is 1. The minimum Gasteiger partial charge on any atom is -0.322 e. The molecule has 0 radical (unpaired) electrons. The predicted molar refractivity (Wildman–Crippen MR) is 106 cm³/mol. The van der Waals surface area contributed by atoms with Gasteiger partial charge < -0.3 is 10.2 Å². The van der Waals surface area contributed by atoms with E-state index in [9.17, 15) is 13.2 Å². The Hall–Kier alpha value is -1.72. The van der Waals surface area contributed by atoms with E-state index in [1.807, 2.05) is 0 Å². The molecule has 1 aromatic carbocycles. The Labute approximate surface area is 169 Å². The molecule has 27 heavy (non-hydrogen) atoms. The molecule has 1 aliphatic carbocycles. The lowest BCUT2D eigenvalue weighted by Gasteiger charge is -2.33. The lowest BCUT2D eigenvalue weighted by atomic mass is 10.2. The van der Waals surface area contributed by atoms with Crippen molar-refractivity contribution in [3.05, 3.63) is 45.8 Å². The summed E-state index contributed by atoms with van der Waals surface area (Å²) in [4.78, 5) is 14.1. The van der Waals surface area contributed by atoms with E-state index in [0.717, 1.165) is 23.8 Å². The van der Waals surface area contributed by atoms with Crippen molar-refractivity contribution in [3.8, 4) is 11.8 Å². The number of carbonyl (C=O) groups is 1. The molecule has 0 bridgehead atoms. The average Bonchev–Trinajstić information content (AvgIpc) is 3.42. The number of halogens is 2. The zero-order valence-electron chi connectivity index (χ0n) is 14.5. The molecule has 1 saturated heterocycles. The van der Waals surface area contributed by atoms with Crippen molar-refractivity contribution in [1.29, 1.82) is 0 Å². The van der Waals surface area contributed by atoms with Crippen molar-refractivity contribution in [2.45, 2.75) is 18.4 Å². The van der Waals surface area contributed by atoms with Gasteiger partial charge in [-0.25, -0.2) is 13.2 Å². The SMILES string of the molecule is C=CS(=O)(=O)N1CCN(C(=O)NC2(C#Cc3ccc(Cl)c(Cl)c3)CC2)CC1. The first-order chi connectivity index (χ1) is 12.7. The van der Waals surface area contributed by atoms with Gasteiger partial charge in [0.2, 0.25) is 10.0 Å². The molecule has 2 amide bonds. The fourth-order valence-electron chi connectivity index (χ4n) is 2.71. The second-order valence-electron chi connectivity index (χ2n) is 6.49. The van der Waals surface area contributed by atoms with Crippen molar-refractivity contribution in [1.82, 2.24) is 14.5 Å². The smallest absolute Gasteiger partial charge is 0.318 e. The van der Waals surface area contributed by atoms with Gasteiger partial charge in [0.05, 0.1) is 10.0 Å². The third-order valence-corrected chi connectivity index (χ3v) is 6.80. The van der Waals surface area contributed by atoms with E-state index in [-0.39, 0.29) is 19.1 Å². The molecule has 2 aliphatic rings. The molecule has 6 nitrogen and oxygen atoms in total. The number of sulfonamides is 1. The number of amides is 2. The summed E-state index contributed by atoms with van der Waals surface area (Å²) >= 11 is 11.9. The number of rotatable bonds is 3. The molecule has 0 atom stereocenters. The van der Waals surface area contributed by atoms with E-state index < -0.39 is 15.6 Å². The van der Waals surface area contributed by atoms with Crippen LogP contribution < -0.4 is 5.32 Å². The van der Waals surface area contributed by atoms with E-state index >= 15 is 0 Å². The summed E-state index contributed by atoms with van der Waals surface area (Å²) in [6, 6.07) is 4.92. The number of hydrogen-bond acceptors (Lipinski definition) is 3. The van der Waals surface area contributed by atoms with E-state index in [1.165, 1.54) is 4.31 Å². The highest BCUT2D eigenvalue weighted by Gasteiger charge is 2.44. The summed E-state index contributed by atoms with van der Waals surface area (Å²) in [6.07, 6.45) is 1.55. The molecule has 3 rings (SSSR count). The maximum Gasteiger partial charge on any atom is 0.318 e. The van der Waals surface area contributed by atoms with E-state index in [2.05, 4.69) is 23.7 Å². The van der Waals surface area contributed by atoms with Crippen molar-refractivity contribution in [2.75, 3.05) is 26.2 Å². The first-order valence-corrected chi connectivity index (χ1v) is 10.7. The first kappa shape index (κ1) is 20.0. The van der Waals surface area contributed by atoms with Crippen molar-refractivity contribution < 1.29 is 13.2 Å². The highest BCUT2D eigenvalue weighted by molar-refractivity contribution is 7.92. The van der Waals surface area contributed by atoms with Crippen LogP contribution in [-0.4, -0.2) is 55.4 Å². The van der Waals surface area contributed by atoms with Gasteiger partial charge in [-0.05, 0) is 31.0 Å². The van der Waals surface area contributed by atoms with Crippen LogP contribution in [0.25, 0.3) is 0 Å². The minimum atomic E-state index is -3.44. The summed E-state index contributed by atoms with van der Waals surface area (Å²) in [5.41, 5.74) is 0.196. The topological polar surface area (TPSA) is 69.7 Å². The quantitative estimate of drug-likeness (QED) is 0.753. The van der Waals surface area contributed by atoms with Crippen LogP contribution in [0.1, 0.15) is 18.4 Å². The maximum absolute atomic E-state index is 12.5. The second kappa shape index (κ2) is 7.72. The fourth-order valence-corrected chi connectivity index (χ4v) is 3.89. The highest BCUT2D eigenvalue weighted by atomic mass is 35.5. The molecule has 1 aromatic rings. The fraction of sp³-hybridized carbons (Fsp3) is 0.389. The molecule has 144 valence electrons. The first-order valence-electron chi connectivity index (χ1n) is 8.43. The van der Waals surface area contributed by atoms with Crippen molar-refractivity contribution >= 4 is 39.3 Å². The third kappa shape index (κ3) is 4.77. The summed E-state index contributed by atoms with van der Waals surface area (Å²) in [5, 5.41) is 4.80. The summed E-state index contributed by atoms with van der Waals surface area (Å²) in [5.74, 6) is 6.15. The molecule has 1 N–H and O–H groups in total. The lowest BCUT2D eigenvalue weighted by molar-refractivity contribution is 0.170. The molecular formula is C18H19Cl2N3O3S. The number of nitrogens with zero attached hydrogens (tertiary/aromatic N) is 2. The van der Waals surface area contributed by atoms with Crippen LogP contribution in [0.3, 0.4) is 0 Å². The van der Waals surface area contributed by atoms with Gasteiger partial charge in [0.15, 0.2) is 0 Å². The van der Waals surface area contributed by atoms with Crippen LogP contribution in [0.4, 0.5) is 4.79 Å². The van der Waals surface area contributed by atoms with E-state index in [1.54, 1.807) is 23.1 Å². The zero-order chi connectivity index (χ0) is 19.7. The summed E-state index contributed by atoms with van der Waals surface area (Å²) in [7, 11) is -3.44. The molecule has 0 aromatic heterocycles. The Morgan fingerprint density at radius 3 is 2.41 bits per heavy atom. The Morgan fingerprint density at radius 2 is 1.85 bits per heavy atom. The van der Waals surface area contributed by atoms with Gasteiger partial charge in [0.25, 0.3) is 0 Å². The van der Waals surface area contributed by atoms with E-state index in [4.69, 9.17) is 23.2 Å². The molecule has 1 saturated carbocycles. The molecular weight excluding hydrogens is 409 g/mol. The standard InChI is InChI=1S/C18H19Cl2N3O3S/c1-2-27(25,26)23-11-9-22(10-12-23)17(24)21-18(7-8-18)6-5-14-3-4-15(19)16(20)13-14/h2-4,13H,1,7-12H2,(H,21,24). The van der Waals surface area contributed by atoms with Crippen LogP contribution in [0, 0.1) is 11.8 Å². The largest absolute Gasteiger partial charge is 0.322 e. The van der Waals surface area contributed by atoms with Gasteiger partial charge in [0, 0.05) is 37.2 Å². The summed E-state index contributed by atoms with van der Waals surface area (Å²) in [6.45, 7) is 4.49. The minimum absolute atomic E-state index is 0.230. The van der Waals surface area contributed by atoms with Gasteiger partial charge in [-0.15, -0.1) is 0 Å². The van der Waals surface area contributed by atoms with Crippen LogP contribution in [0.5, 0.6) is 0 Å². The number of nitrogens with one attached hydrogen (secondary N) is 1. The van der Waals surface area contributed by atoms with E-state index in [0.29, 0.717) is 23.1 Å². The Morgan fingerprint density at radius 1 is 1.19 bits per heavy atom. The molecule has 1 heterocycles. The predicted octanol–water partition coefficient (Wildman–Crippen LogP) is 2.68. The van der Waals surface area contributed by atoms with Crippen LogP contribution in [-0.2, 0) is 10.0 Å². The van der Waals surface area contributed by atoms with Gasteiger partial charge in [-0.2, -0.15) is 4.31 Å². The van der Waals surface area contributed by atoms with Gasteiger partial charge in [-0.3, -0.25) is 0 Å². The van der Waals surface area contributed by atoms with Gasteiger partial charge >= 0.3 is 6.03 Å². The van der Waals surface area contributed by atoms with Crippen molar-refractivity contribution in [3.63, 3.8) is 0 Å². The Kier molecular flexibility index (Phi) is 5.73. The van der Waals surface area contributed by atoms with Crippen LogP contribution in [0.2, 0.25) is 10.0 Å². The number of piperazine rings is 1. The molecule has 0 unspecified atom stereocenters. The molecule has 1 aliphatic heterocycles. The molecule has 2 fully saturated rings. The Bertz CT molecular complexity index is 925. The van der Waals surface area contributed by atoms with Crippen LogP contribution >= 0.6 is 23.2 Å². The summed E-state index contributed by atoms with van der Waals surface area (Å²) < 4.78 is 24.9. The monoisotopic (exact) mass is 427 g/mol. The lowest BCUT2D eigenvalue weighted by Crippen LogP contribution is -2.54. The average molecular weight is 428 g/mol.